The number of carbonyl (C=O) groups excluding carboxylic acids is 2. The van der Waals surface area contributed by atoms with Crippen molar-refractivity contribution in [3.63, 3.8) is 0 Å². The van der Waals surface area contributed by atoms with Gasteiger partial charge in [-0.3, -0.25) is 10.00 Å². The largest absolute Gasteiger partial charge is 0.445 e. The Kier molecular flexibility index (Phi) is 9.69. The summed E-state index contributed by atoms with van der Waals surface area (Å²) in [6.45, 7) is 0.0733. The van der Waals surface area contributed by atoms with Crippen LogP contribution in [0.25, 0.3) is 22.3 Å². The highest BCUT2D eigenvalue weighted by Crippen LogP contribution is 2.37. The minimum atomic E-state index is -4.71. The summed E-state index contributed by atoms with van der Waals surface area (Å²) in [5.74, 6) is 0.258. The summed E-state index contributed by atoms with van der Waals surface area (Å²) in [5.41, 5.74) is 1.26. The van der Waals surface area contributed by atoms with Crippen LogP contribution in [0.4, 0.5) is 34.4 Å². The fourth-order valence-corrected chi connectivity index (χ4v) is 5.96. The van der Waals surface area contributed by atoms with Crippen molar-refractivity contribution in [3.05, 3.63) is 138 Å². The number of amides is 2. The third kappa shape index (κ3) is 7.65. The number of nitrogens with zero attached hydrogens (tertiary/aromatic N) is 5. The molecule has 0 aliphatic carbocycles. The first-order valence-electron chi connectivity index (χ1n) is 16.4. The van der Waals surface area contributed by atoms with E-state index in [2.05, 4.69) is 25.5 Å². The first kappa shape index (κ1) is 34.0. The molecule has 1 aliphatic rings. The van der Waals surface area contributed by atoms with Crippen molar-refractivity contribution in [2.24, 2.45) is 0 Å². The van der Waals surface area contributed by atoms with E-state index in [1.165, 1.54) is 34.1 Å². The standard InChI is InChI=1S/C38H32F3N7O4/c39-38(40,41)29-17-9-7-15-27(29)34-42-31(21-33(43-34)44-35-28-16-8-10-18-30(28)45-46-35)32-22-47(36(49)51-23-25-11-3-1-4-12-25)19-20-48(32)37(50)52-24-26-13-5-2-6-14-26/h1-18,21,32H,19-20,22-24H2,(H2,42,43,44,45,46). The number of alkyl halides is 3. The van der Waals surface area contributed by atoms with Crippen LogP contribution >= 0.6 is 0 Å². The molecule has 14 heteroatoms. The van der Waals surface area contributed by atoms with Crippen LogP contribution in [0.3, 0.4) is 0 Å². The van der Waals surface area contributed by atoms with Crippen LogP contribution in [0.2, 0.25) is 0 Å². The van der Waals surface area contributed by atoms with Gasteiger partial charge in [-0.1, -0.05) is 91.0 Å². The number of halogens is 3. The quantitative estimate of drug-likeness (QED) is 0.163. The molecule has 7 rings (SSSR count). The molecule has 0 spiro atoms. The van der Waals surface area contributed by atoms with Crippen molar-refractivity contribution in [2.75, 3.05) is 25.0 Å². The molecule has 52 heavy (non-hydrogen) atoms. The lowest BCUT2D eigenvalue weighted by Gasteiger charge is -2.40. The normalized spacial score (nSPS) is 14.6. The minimum absolute atomic E-state index is 0.0151. The Morgan fingerprint density at radius 1 is 0.788 bits per heavy atom. The number of piperazine rings is 1. The van der Waals surface area contributed by atoms with E-state index in [1.54, 1.807) is 0 Å². The number of anilines is 2. The molecule has 1 fully saturated rings. The zero-order valence-corrected chi connectivity index (χ0v) is 27.6. The van der Waals surface area contributed by atoms with Crippen molar-refractivity contribution in [2.45, 2.75) is 25.4 Å². The van der Waals surface area contributed by atoms with Gasteiger partial charge in [0.05, 0.1) is 29.4 Å². The number of hydrogen-bond donors (Lipinski definition) is 2. The highest BCUT2D eigenvalue weighted by molar-refractivity contribution is 5.91. The number of aromatic amines is 1. The maximum absolute atomic E-state index is 14.3. The van der Waals surface area contributed by atoms with Gasteiger partial charge in [0, 0.05) is 30.1 Å². The lowest BCUT2D eigenvalue weighted by Crippen LogP contribution is -2.52. The molecule has 0 saturated carbocycles. The minimum Gasteiger partial charge on any atom is -0.445 e. The van der Waals surface area contributed by atoms with Gasteiger partial charge in [0.25, 0.3) is 0 Å². The third-order valence-corrected chi connectivity index (χ3v) is 8.56. The maximum Gasteiger partial charge on any atom is 0.417 e. The SMILES string of the molecule is O=C(OCc1ccccc1)N1CCN(C(=O)OCc2ccccc2)C(c2cc(Nc3n[nH]c4ccccc34)nc(-c3ccccc3C(F)(F)F)n2)C1. The van der Waals surface area contributed by atoms with Crippen molar-refractivity contribution in [3.8, 4) is 11.4 Å². The molecule has 2 amide bonds. The van der Waals surface area contributed by atoms with E-state index in [9.17, 15) is 22.8 Å². The predicted octanol–water partition coefficient (Wildman–Crippen LogP) is 8.11. The number of ether oxygens (including phenoxy) is 2. The maximum atomic E-state index is 14.3. The number of benzene rings is 4. The van der Waals surface area contributed by atoms with Crippen molar-refractivity contribution < 1.29 is 32.2 Å². The van der Waals surface area contributed by atoms with Gasteiger partial charge >= 0.3 is 18.4 Å². The zero-order chi connectivity index (χ0) is 36.1. The predicted molar refractivity (Wildman–Crippen MR) is 186 cm³/mol. The van der Waals surface area contributed by atoms with Crippen LogP contribution in [0.1, 0.15) is 28.4 Å². The van der Waals surface area contributed by atoms with Gasteiger partial charge in [0.15, 0.2) is 11.6 Å². The number of aromatic nitrogens is 4. The van der Waals surface area contributed by atoms with Gasteiger partial charge in [-0.05, 0) is 29.3 Å². The number of para-hydroxylation sites is 1. The van der Waals surface area contributed by atoms with E-state index in [-0.39, 0.29) is 55.7 Å². The molecule has 0 bridgehead atoms. The summed E-state index contributed by atoms with van der Waals surface area (Å²) in [7, 11) is 0. The number of fused-ring (bicyclic) bond motifs is 1. The molecule has 1 unspecified atom stereocenters. The fraction of sp³-hybridized carbons (Fsp3) is 0.184. The van der Waals surface area contributed by atoms with Crippen LogP contribution in [0.5, 0.6) is 0 Å². The Hall–Kier alpha value is -6.44. The molecule has 0 radical (unpaired) electrons. The number of rotatable bonds is 8. The summed E-state index contributed by atoms with van der Waals surface area (Å²) in [6, 6.07) is 31.2. The number of carbonyl (C=O) groups is 2. The van der Waals surface area contributed by atoms with Crippen LogP contribution in [0.15, 0.2) is 115 Å². The highest BCUT2D eigenvalue weighted by Gasteiger charge is 2.38. The summed E-state index contributed by atoms with van der Waals surface area (Å²) in [6.07, 6.45) is -6.02. The molecule has 2 N–H and O–H groups in total. The molecule has 2 aromatic heterocycles. The van der Waals surface area contributed by atoms with Gasteiger partial charge in [-0.2, -0.15) is 18.3 Å². The summed E-state index contributed by atoms with van der Waals surface area (Å²) in [4.78, 5) is 39.1. The monoisotopic (exact) mass is 707 g/mol. The van der Waals surface area contributed by atoms with Gasteiger partial charge in [0.2, 0.25) is 0 Å². The van der Waals surface area contributed by atoms with Crippen LogP contribution < -0.4 is 5.32 Å². The molecule has 1 saturated heterocycles. The van der Waals surface area contributed by atoms with E-state index in [1.807, 2.05) is 84.9 Å². The Morgan fingerprint density at radius 2 is 1.42 bits per heavy atom. The topological polar surface area (TPSA) is 126 Å². The van der Waals surface area contributed by atoms with E-state index in [4.69, 9.17) is 9.47 Å². The Morgan fingerprint density at radius 3 is 2.13 bits per heavy atom. The van der Waals surface area contributed by atoms with E-state index < -0.39 is 30.0 Å². The van der Waals surface area contributed by atoms with Gasteiger partial charge < -0.3 is 19.7 Å². The number of nitrogens with one attached hydrogen (secondary N) is 2. The lowest BCUT2D eigenvalue weighted by atomic mass is 10.0. The number of H-pyrrole nitrogens is 1. The highest BCUT2D eigenvalue weighted by atomic mass is 19.4. The first-order valence-corrected chi connectivity index (χ1v) is 16.4. The average Bonchev–Trinajstić information content (AvgIpc) is 3.58. The van der Waals surface area contributed by atoms with E-state index in [0.29, 0.717) is 5.82 Å². The zero-order valence-electron chi connectivity index (χ0n) is 27.6. The van der Waals surface area contributed by atoms with Crippen molar-refractivity contribution >= 4 is 34.7 Å². The second kappa shape index (κ2) is 14.8. The molecule has 1 atom stereocenters. The lowest BCUT2D eigenvalue weighted by molar-refractivity contribution is -0.137. The van der Waals surface area contributed by atoms with Crippen LogP contribution in [-0.4, -0.2) is 61.8 Å². The Balaban J connectivity index is 1.27. The smallest absolute Gasteiger partial charge is 0.417 e. The molecule has 264 valence electrons. The molecular formula is C38H32F3N7O4. The van der Waals surface area contributed by atoms with Gasteiger partial charge in [-0.15, -0.1) is 0 Å². The van der Waals surface area contributed by atoms with Crippen LogP contribution in [-0.2, 0) is 28.9 Å². The first-order chi connectivity index (χ1) is 25.2. The second-order valence-electron chi connectivity index (χ2n) is 12.0. The summed E-state index contributed by atoms with van der Waals surface area (Å²) < 4.78 is 54.2. The fourth-order valence-electron chi connectivity index (χ4n) is 5.96. The van der Waals surface area contributed by atoms with Crippen molar-refractivity contribution in [1.29, 1.82) is 0 Å². The molecule has 1 aliphatic heterocycles. The molecule has 4 aromatic carbocycles. The molecule has 3 heterocycles. The van der Waals surface area contributed by atoms with E-state index >= 15 is 0 Å². The second-order valence-corrected chi connectivity index (χ2v) is 12.0. The Labute approximate surface area is 296 Å². The Bertz CT molecular complexity index is 2180. The third-order valence-electron chi connectivity index (χ3n) is 8.56. The van der Waals surface area contributed by atoms with Crippen molar-refractivity contribution in [1.82, 2.24) is 30.0 Å². The van der Waals surface area contributed by atoms with Crippen LogP contribution in [0, 0.1) is 0 Å². The average molecular weight is 708 g/mol. The molecule has 6 aromatic rings. The summed E-state index contributed by atoms with van der Waals surface area (Å²) >= 11 is 0. The number of hydrogen-bond acceptors (Lipinski definition) is 8. The summed E-state index contributed by atoms with van der Waals surface area (Å²) in [5, 5.41) is 11.1. The van der Waals surface area contributed by atoms with Gasteiger partial charge in [0.1, 0.15) is 19.0 Å². The van der Waals surface area contributed by atoms with E-state index in [0.717, 1.165) is 28.1 Å². The molecular weight excluding hydrogens is 675 g/mol. The molecule has 11 nitrogen and oxygen atoms in total. The van der Waals surface area contributed by atoms with Gasteiger partial charge in [-0.25, -0.2) is 19.6 Å².